The van der Waals surface area contributed by atoms with Gasteiger partial charge in [-0.25, -0.2) is 0 Å². The van der Waals surface area contributed by atoms with Crippen LogP contribution in [0.2, 0.25) is 5.02 Å². The van der Waals surface area contributed by atoms with Crippen LogP contribution in [0.15, 0.2) is 48.5 Å². The third-order valence-corrected chi connectivity index (χ3v) is 5.43. The van der Waals surface area contributed by atoms with Gasteiger partial charge in [0.2, 0.25) is 5.91 Å². The highest BCUT2D eigenvalue weighted by molar-refractivity contribution is 6.30. The summed E-state index contributed by atoms with van der Waals surface area (Å²) in [6.07, 6.45) is 0. The van der Waals surface area contributed by atoms with Gasteiger partial charge < -0.3 is 14.5 Å². The fourth-order valence-electron chi connectivity index (χ4n) is 3.74. The van der Waals surface area contributed by atoms with Crippen LogP contribution in [0.3, 0.4) is 0 Å². The molecule has 0 aromatic heterocycles. The summed E-state index contributed by atoms with van der Waals surface area (Å²) in [7, 11) is 1.69. The lowest BCUT2D eigenvalue weighted by Crippen LogP contribution is -2.50. The van der Waals surface area contributed by atoms with Crippen LogP contribution in [-0.4, -0.2) is 44.1 Å². The van der Waals surface area contributed by atoms with E-state index in [2.05, 4.69) is 24.8 Å². The van der Waals surface area contributed by atoms with E-state index in [0.29, 0.717) is 18.1 Å². The summed E-state index contributed by atoms with van der Waals surface area (Å²) in [6, 6.07) is 15.7. The minimum absolute atomic E-state index is 0.139. The Morgan fingerprint density at radius 1 is 1.00 bits per heavy atom. The summed E-state index contributed by atoms with van der Waals surface area (Å²) < 4.78 is 5.48. The van der Waals surface area contributed by atoms with Crippen molar-refractivity contribution in [3.63, 3.8) is 0 Å². The van der Waals surface area contributed by atoms with Crippen molar-refractivity contribution in [2.75, 3.05) is 38.2 Å². The molecule has 0 unspecified atom stereocenters. The van der Waals surface area contributed by atoms with Crippen LogP contribution in [-0.2, 0) is 4.79 Å². The third-order valence-electron chi connectivity index (χ3n) is 5.18. The molecule has 2 aromatic rings. The zero-order valence-electron chi connectivity index (χ0n) is 16.2. The fourth-order valence-corrected chi connectivity index (χ4v) is 3.86. The summed E-state index contributed by atoms with van der Waals surface area (Å²) in [5.74, 6) is 1.16. The molecule has 144 valence electrons. The summed E-state index contributed by atoms with van der Waals surface area (Å²) in [5.41, 5.74) is 2.12. The number of benzene rings is 2. The number of carbonyl (C=O) groups excluding carboxylic acids is 1. The third kappa shape index (κ3) is 4.38. The van der Waals surface area contributed by atoms with Gasteiger partial charge in [-0.3, -0.25) is 4.79 Å². The Labute approximate surface area is 166 Å². The van der Waals surface area contributed by atoms with Gasteiger partial charge in [0.1, 0.15) is 5.75 Å². The van der Waals surface area contributed by atoms with Crippen molar-refractivity contribution < 1.29 is 9.53 Å². The first kappa shape index (κ1) is 19.6. The summed E-state index contributed by atoms with van der Waals surface area (Å²) >= 11 is 6.01. The molecule has 1 heterocycles. The van der Waals surface area contributed by atoms with E-state index in [1.54, 1.807) is 7.11 Å². The van der Waals surface area contributed by atoms with E-state index in [4.69, 9.17) is 16.3 Å². The van der Waals surface area contributed by atoms with E-state index in [1.807, 2.05) is 47.4 Å². The van der Waals surface area contributed by atoms with E-state index in [1.165, 1.54) is 0 Å². The van der Waals surface area contributed by atoms with Crippen molar-refractivity contribution in [2.24, 2.45) is 5.92 Å². The van der Waals surface area contributed by atoms with Gasteiger partial charge in [0.25, 0.3) is 0 Å². The number of piperazine rings is 1. The van der Waals surface area contributed by atoms with Gasteiger partial charge in [0.05, 0.1) is 18.7 Å². The zero-order valence-corrected chi connectivity index (χ0v) is 16.9. The molecule has 0 saturated carbocycles. The number of ether oxygens (including phenoxy) is 1. The largest absolute Gasteiger partial charge is 0.495 e. The molecule has 1 amide bonds. The highest BCUT2D eigenvalue weighted by atomic mass is 35.5. The highest BCUT2D eigenvalue weighted by Gasteiger charge is 2.31. The number of rotatable bonds is 5. The van der Waals surface area contributed by atoms with Crippen molar-refractivity contribution in [3.8, 4) is 5.75 Å². The maximum atomic E-state index is 13.2. The van der Waals surface area contributed by atoms with E-state index in [0.717, 1.165) is 30.1 Å². The first-order valence-corrected chi connectivity index (χ1v) is 9.81. The second-order valence-corrected chi connectivity index (χ2v) is 7.69. The number of methoxy groups -OCH3 is 1. The van der Waals surface area contributed by atoms with Gasteiger partial charge in [-0.2, -0.15) is 0 Å². The van der Waals surface area contributed by atoms with E-state index >= 15 is 0 Å². The average Bonchev–Trinajstić information content (AvgIpc) is 2.69. The van der Waals surface area contributed by atoms with Gasteiger partial charge >= 0.3 is 0 Å². The first-order chi connectivity index (χ1) is 13.0. The van der Waals surface area contributed by atoms with Crippen molar-refractivity contribution >= 4 is 23.2 Å². The molecule has 0 bridgehead atoms. The Morgan fingerprint density at radius 2 is 1.63 bits per heavy atom. The highest BCUT2D eigenvalue weighted by Crippen LogP contribution is 2.31. The lowest BCUT2D eigenvalue weighted by Gasteiger charge is -2.38. The number of carbonyl (C=O) groups is 1. The topological polar surface area (TPSA) is 32.8 Å². The molecule has 0 radical (unpaired) electrons. The minimum atomic E-state index is -0.139. The number of anilines is 1. The van der Waals surface area contributed by atoms with Gasteiger partial charge in [-0.15, -0.1) is 0 Å². The standard InChI is InChI=1S/C22H27ClN2O2/c1-16(2)21(17-8-10-18(23)11-9-17)22(26)25-14-12-24(13-15-25)19-6-4-5-7-20(19)27-3/h4-11,16,21H,12-15H2,1-3H3/t21-/m0/s1. The monoisotopic (exact) mass is 386 g/mol. The average molecular weight is 387 g/mol. The van der Waals surface area contributed by atoms with Gasteiger partial charge in [-0.1, -0.05) is 49.7 Å². The predicted octanol–water partition coefficient (Wildman–Crippen LogP) is 4.44. The van der Waals surface area contributed by atoms with E-state index in [9.17, 15) is 4.79 Å². The number of halogens is 1. The molecule has 0 N–H and O–H groups in total. The second-order valence-electron chi connectivity index (χ2n) is 7.26. The Morgan fingerprint density at radius 3 is 2.22 bits per heavy atom. The summed E-state index contributed by atoms with van der Waals surface area (Å²) in [6.45, 7) is 7.24. The zero-order chi connectivity index (χ0) is 19.4. The fraction of sp³-hybridized carbons (Fsp3) is 0.409. The van der Waals surface area contributed by atoms with Gasteiger partial charge in [0, 0.05) is 31.2 Å². The number of nitrogens with zero attached hydrogens (tertiary/aromatic N) is 2. The molecule has 4 nitrogen and oxygen atoms in total. The summed E-state index contributed by atoms with van der Waals surface area (Å²) in [5, 5.41) is 0.694. The lowest BCUT2D eigenvalue weighted by molar-refractivity contribution is -0.134. The molecule has 1 fully saturated rings. The van der Waals surface area contributed by atoms with Crippen molar-refractivity contribution in [1.29, 1.82) is 0 Å². The molecule has 1 aliphatic heterocycles. The Bertz CT molecular complexity index is 768. The Balaban J connectivity index is 1.70. The van der Waals surface area contributed by atoms with Gasteiger partial charge in [0.15, 0.2) is 0 Å². The molecule has 27 heavy (non-hydrogen) atoms. The summed E-state index contributed by atoms with van der Waals surface area (Å²) in [4.78, 5) is 17.5. The van der Waals surface area contributed by atoms with Crippen LogP contribution in [0.4, 0.5) is 5.69 Å². The van der Waals surface area contributed by atoms with Gasteiger partial charge in [-0.05, 0) is 35.7 Å². The molecular formula is C22H27ClN2O2. The van der Waals surface area contributed by atoms with Crippen LogP contribution in [0.25, 0.3) is 0 Å². The molecular weight excluding hydrogens is 360 g/mol. The molecule has 3 rings (SSSR count). The molecule has 2 aromatic carbocycles. The normalized spacial score (nSPS) is 15.7. The number of hydrogen-bond acceptors (Lipinski definition) is 3. The van der Waals surface area contributed by atoms with Crippen LogP contribution in [0.5, 0.6) is 5.75 Å². The Hall–Kier alpha value is -2.20. The maximum absolute atomic E-state index is 13.2. The number of hydrogen-bond donors (Lipinski definition) is 0. The van der Waals surface area contributed by atoms with Crippen molar-refractivity contribution in [1.82, 2.24) is 4.90 Å². The molecule has 1 aliphatic rings. The van der Waals surface area contributed by atoms with E-state index < -0.39 is 0 Å². The van der Waals surface area contributed by atoms with Crippen LogP contribution >= 0.6 is 11.6 Å². The number of para-hydroxylation sites is 2. The predicted molar refractivity (Wildman–Crippen MR) is 111 cm³/mol. The van der Waals surface area contributed by atoms with Crippen LogP contribution in [0, 0.1) is 5.92 Å². The molecule has 1 saturated heterocycles. The molecule has 0 spiro atoms. The van der Waals surface area contributed by atoms with Crippen LogP contribution < -0.4 is 9.64 Å². The van der Waals surface area contributed by atoms with Crippen molar-refractivity contribution in [2.45, 2.75) is 19.8 Å². The lowest BCUT2D eigenvalue weighted by atomic mass is 9.87. The molecule has 1 atom stereocenters. The Kier molecular flexibility index (Phi) is 6.27. The van der Waals surface area contributed by atoms with E-state index in [-0.39, 0.29) is 17.7 Å². The number of amides is 1. The first-order valence-electron chi connectivity index (χ1n) is 9.43. The second kappa shape index (κ2) is 8.66. The maximum Gasteiger partial charge on any atom is 0.230 e. The van der Waals surface area contributed by atoms with Crippen molar-refractivity contribution in [3.05, 3.63) is 59.1 Å². The minimum Gasteiger partial charge on any atom is -0.495 e. The van der Waals surface area contributed by atoms with Crippen LogP contribution in [0.1, 0.15) is 25.3 Å². The SMILES string of the molecule is COc1ccccc1N1CCN(C(=O)[C@H](c2ccc(Cl)cc2)C(C)C)CC1. The molecule has 5 heteroatoms. The quantitative estimate of drug-likeness (QED) is 0.761. The molecule has 0 aliphatic carbocycles. The smallest absolute Gasteiger partial charge is 0.230 e.